The van der Waals surface area contributed by atoms with E-state index in [1.165, 1.54) is 0 Å². The van der Waals surface area contributed by atoms with Gasteiger partial charge in [0.25, 0.3) is 50.6 Å². The third-order valence-corrected chi connectivity index (χ3v) is 11.5. The van der Waals surface area contributed by atoms with E-state index in [2.05, 4.69) is 0 Å². The molecule has 244 valence electrons. The van der Waals surface area contributed by atoms with Gasteiger partial charge >= 0.3 is 10.1 Å². The highest BCUT2D eigenvalue weighted by Gasteiger charge is 2.34. The SMILES string of the molecule is O=S(=O)(O)c1cc(S(=O)(=O)O)c2cc(OS(=O)(=O)c3c(O)c(S(=O)(=O)O)cc4cc(S(=O)(=O)O)ccc34)c(S(=O)(=O)O)cc2c1. The Kier molecular flexibility index (Phi) is 8.04. The predicted molar refractivity (Wildman–Crippen MR) is 146 cm³/mol. The molecule has 0 radical (unpaired) electrons. The Hall–Kier alpha value is -3.50. The van der Waals surface area contributed by atoms with Crippen LogP contribution in [-0.2, 0) is 60.7 Å². The summed E-state index contributed by atoms with van der Waals surface area (Å²) in [7, 11) is -32.5. The molecular formula is C20H14O19S6. The van der Waals surface area contributed by atoms with Gasteiger partial charge in [-0.3, -0.25) is 22.8 Å². The van der Waals surface area contributed by atoms with E-state index in [1.54, 1.807) is 0 Å². The van der Waals surface area contributed by atoms with Crippen molar-refractivity contribution in [3.8, 4) is 11.5 Å². The minimum atomic E-state index is -5.79. The second kappa shape index (κ2) is 10.5. The monoisotopic (exact) mass is 750 g/mol. The molecular weight excluding hydrogens is 737 g/mol. The van der Waals surface area contributed by atoms with Gasteiger partial charge in [0.2, 0.25) is 0 Å². The van der Waals surface area contributed by atoms with Crippen LogP contribution in [0.25, 0.3) is 21.5 Å². The zero-order valence-corrected chi connectivity index (χ0v) is 26.0. The molecule has 0 heterocycles. The van der Waals surface area contributed by atoms with Crippen molar-refractivity contribution >= 4 is 82.3 Å². The van der Waals surface area contributed by atoms with Crippen LogP contribution in [0.5, 0.6) is 11.5 Å². The Balaban J connectivity index is 2.13. The van der Waals surface area contributed by atoms with Crippen LogP contribution in [0.4, 0.5) is 0 Å². The third kappa shape index (κ3) is 6.72. The number of phenolic OH excluding ortho intramolecular Hbond substituents is 1. The molecule has 45 heavy (non-hydrogen) atoms. The summed E-state index contributed by atoms with van der Waals surface area (Å²) in [4.78, 5) is -8.10. The number of rotatable bonds is 8. The van der Waals surface area contributed by atoms with Crippen molar-refractivity contribution < 1.29 is 82.6 Å². The lowest BCUT2D eigenvalue weighted by molar-refractivity contribution is 0.424. The Bertz CT molecular complexity index is 2640. The number of phenols is 1. The Morgan fingerprint density at radius 2 is 0.933 bits per heavy atom. The molecule has 4 aromatic rings. The highest BCUT2D eigenvalue weighted by Crippen LogP contribution is 2.41. The van der Waals surface area contributed by atoms with Crippen LogP contribution < -0.4 is 4.18 Å². The molecule has 0 spiro atoms. The first kappa shape index (κ1) is 34.4. The van der Waals surface area contributed by atoms with E-state index < -0.39 is 123 Å². The summed E-state index contributed by atoms with van der Waals surface area (Å²) >= 11 is 0. The van der Waals surface area contributed by atoms with Crippen molar-refractivity contribution in [3.63, 3.8) is 0 Å². The molecule has 0 atom stereocenters. The van der Waals surface area contributed by atoms with Crippen LogP contribution in [0.15, 0.2) is 77.9 Å². The molecule has 0 saturated carbocycles. The molecule has 0 saturated heterocycles. The van der Waals surface area contributed by atoms with E-state index in [4.69, 9.17) is 4.18 Å². The number of aromatic hydroxyl groups is 1. The van der Waals surface area contributed by atoms with Gasteiger partial charge in [-0.25, -0.2) is 0 Å². The van der Waals surface area contributed by atoms with Gasteiger partial charge < -0.3 is 9.29 Å². The average molecular weight is 751 g/mol. The quantitative estimate of drug-likeness (QED) is 0.107. The van der Waals surface area contributed by atoms with E-state index in [0.29, 0.717) is 30.3 Å². The maximum Gasteiger partial charge on any atom is 0.343 e. The van der Waals surface area contributed by atoms with Gasteiger partial charge in [-0.2, -0.15) is 50.5 Å². The first-order chi connectivity index (χ1) is 20.1. The van der Waals surface area contributed by atoms with Crippen LogP contribution in [0.2, 0.25) is 0 Å². The van der Waals surface area contributed by atoms with Crippen molar-refractivity contribution in [3.05, 3.63) is 48.5 Å². The zero-order chi connectivity index (χ0) is 34.3. The van der Waals surface area contributed by atoms with E-state index >= 15 is 0 Å². The number of hydrogen-bond donors (Lipinski definition) is 6. The summed E-state index contributed by atoms with van der Waals surface area (Å²) < 4.78 is 198. The van der Waals surface area contributed by atoms with Gasteiger partial charge in [-0.1, -0.05) is 6.07 Å². The molecule has 0 fully saturated rings. The molecule has 0 bridgehead atoms. The van der Waals surface area contributed by atoms with Gasteiger partial charge in [-0.15, -0.1) is 0 Å². The van der Waals surface area contributed by atoms with Crippen LogP contribution >= 0.6 is 0 Å². The second-order valence-electron chi connectivity index (χ2n) is 8.79. The van der Waals surface area contributed by atoms with Crippen molar-refractivity contribution in [1.82, 2.24) is 0 Å². The van der Waals surface area contributed by atoms with Crippen LogP contribution in [0, 0.1) is 0 Å². The Labute approximate surface area is 253 Å². The van der Waals surface area contributed by atoms with Crippen LogP contribution in [0.1, 0.15) is 0 Å². The molecule has 6 N–H and O–H groups in total. The molecule has 0 aliphatic heterocycles. The van der Waals surface area contributed by atoms with Gasteiger partial charge in [0.05, 0.1) is 9.79 Å². The maximum atomic E-state index is 13.5. The van der Waals surface area contributed by atoms with E-state index in [9.17, 15) is 78.4 Å². The fourth-order valence-electron chi connectivity index (χ4n) is 4.03. The predicted octanol–water partition coefficient (Wildman–Crippen LogP) is 0.700. The lowest BCUT2D eigenvalue weighted by Crippen LogP contribution is -2.15. The van der Waals surface area contributed by atoms with E-state index in [0.717, 1.165) is 0 Å². The molecule has 25 heteroatoms. The largest absolute Gasteiger partial charge is 0.505 e. The van der Waals surface area contributed by atoms with Gasteiger partial charge in [0.15, 0.2) is 16.4 Å². The van der Waals surface area contributed by atoms with Crippen molar-refractivity contribution in [2.45, 2.75) is 29.4 Å². The lowest BCUT2D eigenvalue weighted by Gasteiger charge is -2.16. The van der Waals surface area contributed by atoms with Crippen molar-refractivity contribution in [2.75, 3.05) is 0 Å². The van der Waals surface area contributed by atoms with Gasteiger partial charge in [0, 0.05) is 10.8 Å². The summed E-state index contributed by atoms with van der Waals surface area (Å²) in [6, 6.07) is 3.32. The van der Waals surface area contributed by atoms with E-state index in [1.807, 2.05) is 0 Å². The summed E-state index contributed by atoms with van der Waals surface area (Å²) in [6.45, 7) is 0. The summed E-state index contributed by atoms with van der Waals surface area (Å²) in [5, 5.41) is 7.55. The van der Waals surface area contributed by atoms with Crippen molar-refractivity contribution in [1.29, 1.82) is 0 Å². The maximum absolute atomic E-state index is 13.5. The normalized spacial score (nSPS) is 13.7. The van der Waals surface area contributed by atoms with Crippen LogP contribution in [-0.4, -0.2) is 78.4 Å². The Morgan fingerprint density at radius 1 is 0.467 bits per heavy atom. The fraction of sp³-hybridized carbons (Fsp3) is 0. The second-order valence-corrected chi connectivity index (χ2v) is 17.3. The van der Waals surface area contributed by atoms with Crippen LogP contribution in [0.3, 0.4) is 0 Å². The smallest absolute Gasteiger partial charge is 0.343 e. The molecule has 19 nitrogen and oxygen atoms in total. The first-order valence-corrected chi connectivity index (χ1v) is 19.5. The molecule has 4 aromatic carbocycles. The molecule has 0 aromatic heterocycles. The molecule has 0 aliphatic rings. The highest BCUT2D eigenvalue weighted by molar-refractivity contribution is 7.88. The van der Waals surface area contributed by atoms with Gasteiger partial charge in [0.1, 0.15) is 14.7 Å². The third-order valence-electron chi connectivity index (χ3n) is 5.83. The number of fused-ring (bicyclic) bond motifs is 2. The Morgan fingerprint density at radius 3 is 1.42 bits per heavy atom. The molecule has 0 aliphatic carbocycles. The summed E-state index contributed by atoms with van der Waals surface area (Å²) in [6.07, 6.45) is 0. The summed E-state index contributed by atoms with van der Waals surface area (Å²) in [5.74, 6) is -3.25. The standard InChI is InChI=1S/C20H14O19S6/c21-19-18(44(34,35)36)6-9-3-11(40(22,23)24)1-2-13(9)20(19)45(37,38)39-15-8-14-10(5-17(15)43(31,32)33)4-12(41(25,26)27)7-16(14)42(28,29)30/h1-8,21H,(H,22,23,24)(H,25,26,27)(H,28,29,30)(H,31,32,33)(H,34,35,36). The first-order valence-electron chi connectivity index (χ1n) is 10.9. The molecule has 0 unspecified atom stereocenters. The minimum absolute atomic E-state index is 0.195. The van der Waals surface area contributed by atoms with Crippen molar-refractivity contribution in [2.24, 2.45) is 0 Å². The molecule has 4 rings (SSSR count). The number of benzene rings is 4. The highest BCUT2D eigenvalue weighted by atomic mass is 32.2. The fourth-order valence-corrected chi connectivity index (χ4v) is 8.52. The van der Waals surface area contributed by atoms with E-state index in [-0.39, 0.29) is 18.2 Å². The average Bonchev–Trinajstić information content (AvgIpc) is 2.83. The topological polar surface area (TPSA) is 335 Å². The number of hydrogen-bond acceptors (Lipinski definition) is 14. The molecule has 0 amide bonds. The summed E-state index contributed by atoms with van der Waals surface area (Å²) in [5.41, 5.74) is 0. The van der Waals surface area contributed by atoms with Gasteiger partial charge in [-0.05, 0) is 53.2 Å². The zero-order valence-electron chi connectivity index (χ0n) is 21.1. The lowest BCUT2D eigenvalue weighted by atomic mass is 10.1. The minimum Gasteiger partial charge on any atom is -0.505 e.